The minimum absolute atomic E-state index is 0.297. The Morgan fingerprint density at radius 1 is 1.23 bits per heavy atom. The molecule has 0 saturated carbocycles. The lowest BCUT2D eigenvalue weighted by Gasteiger charge is -1.97. The Morgan fingerprint density at radius 3 is 2.86 bits per heavy atom. The monoisotopic (exact) mass is 315 g/mol. The Balaban J connectivity index is 1.75. The molecule has 1 heterocycles. The van der Waals surface area contributed by atoms with Gasteiger partial charge < -0.3 is 4.98 Å². The molecule has 22 heavy (non-hydrogen) atoms. The predicted molar refractivity (Wildman–Crippen MR) is 84.8 cm³/mol. The number of benzene rings is 2. The molecule has 0 saturated heterocycles. The van der Waals surface area contributed by atoms with Gasteiger partial charge in [-0.25, -0.2) is 9.82 Å². The van der Waals surface area contributed by atoms with Crippen LogP contribution in [0.15, 0.2) is 53.6 Å². The van der Waals surface area contributed by atoms with Crippen LogP contribution in [0.25, 0.3) is 10.9 Å². The summed E-state index contributed by atoms with van der Waals surface area (Å²) in [7, 11) is 0. The van der Waals surface area contributed by atoms with Gasteiger partial charge in [-0.3, -0.25) is 4.79 Å². The van der Waals surface area contributed by atoms with Crippen LogP contribution in [-0.2, 0) is 0 Å². The highest BCUT2D eigenvalue weighted by Gasteiger charge is 2.08. The molecule has 0 spiro atoms. The van der Waals surface area contributed by atoms with E-state index in [0.29, 0.717) is 16.3 Å². The fraction of sp³-hybridized carbons (Fsp3) is 0. The maximum atomic E-state index is 13.4. The third-order valence-corrected chi connectivity index (χ3v) is 3.34. The number of aromatic nitrogens is 1. The first-order valence-electron chi connectivity index (χ1n) is 6.50. The number of aromatic amines is 1. The molecule has 2 N–H and O–H groups in total. The molecule has 0 atom stereocenters. The highest BCUT2D eigenvalue weighted by atomic mass is 35.5. The molecule has 0 unspecified atom stereocenters. The van der Waals surface area contributed by atoms with Crippen LogP contribution in [0.2, 0.25) is 5.02 Å². The smallest absolute Gasteiger partial charge is 0.287 e. The van der Waals surface area contributed by atoms with E-state index in [-0.39, 0.29) is 0 Å². The van der Waals surface area contributed by atoms with Crippen LogP contribution in [0.5, 0.6) is 0 Å². The molecule has 0 bridgehead atoms. The van der Waals surface area contributed by atoms with Gasteiger partial charge in [0, 0.05) is 21.5 Å². The number of amides is 1. The summed E-state index contributed by atoms with van der Waals surface area (Å²) >= 11 is 5.90. The van der Waals surface area contributed by atoms with Crippen LogP contribution in [0, 0.1) is 5.82 Å². The maximum Gasteiger partial charge on any atom is 0.287 e. The third kappa shape index (κ3) is 2.99. The molecule has 1 aromatic heterocycles. The highest BCUT2D eigenvalue weighted by molar-refractivity contribution is 6.31. The second kappa shape index (κ2) is 5.99. The number of nitrogens with zero attached hydrogens (tertiary/aromatic N) is 1. The maximum absolute atomic E-state index is 13.4. The second-order valence-corrected chi connectivity index (χ2v) is 5.07. The van der Waals surface area contributed by atoms with Crippen molar-refractivity contribution in [3.05, 3.63) is 70.6 Å². The largest absolute Gasteiger partial charge is 0.350 e. The number of H-pyrrole nitrogens is 1. The van der Waals surface area contributed by atoms with Gasteiger partial charge in [0.1, 0.15) is 11.5 Å². The van der Waals surface area contributed by atoms with Crippen LogP contribution in [0.3, 0.4) is 0 Å². The lowest BCUT2D eigenvalue weighted by atomic mass is 10.2. The first-order chi connectivity index (χ1) is 10.6. The third-order valence-electron chi connectivity index (χ3n) is 3.10. The van der Waals surface area contributed by atoms with Crippen LogP contribution in [0.1, 0.15) is 16.1 Å². The molecule has 6 heteroatoms. The number of carbonyl (C=O) groups excluding carboxylic acids is 1. The summed E-state index contributed by atoms with van der Waals surface area (Å²) in [5, 5.41) is 5.18. The summed E-state index contributed by atoms with van der Waals surface area (Å²) in [4.78, 5) is 15.0. The van der Waals surface area contributed by atoms with Crippen LogP contribution >= 0.6 is 11.6 Å². The van der Waals surface area contributed by atoms with Gasteiger partial charge in [0.15, 0.2) is 0 Å². The van der Waals surface area contributed by atoms with Crippen molar-refractivity contribution in [1.82, 2.24) is 10.4 Å². The predicted octanol–water partition coefficient (Wildman–Crippen LogP) is 3.72. The minimum Gasteiger partial charge on any atom is -0.350 e. The van der Waals surface area contributed by atoms with E-state index in [1.165, 1.54) is 12.3 Å². The molecular formula is C16H11ClFN3O. The average Bonchev–Trinajstić information content (AvgIpc) is 2.92. The average molecular weight is 316 g/mol. The topological polar surface area (TPSA) is 57.2 Å². The van der Waals surface area contributed by atoms with Gasteiger partial charge in [-0.05, 0) is 30.3 Å². The summed E-state index contributed by atoms with van der Waals surface area (Å²) in [6.45, 7) is 0. The normalized spacial score (nSPS) is 11.2. The van der Waals surface area contributed by atoms with Gasteiger partial charge in [-0.15, -0.1) is 0 Å². The lowest BCUT2D eigenvalue weighted by molar-refractivity contribution is 0.0951. The summed E-state index contributed by atoms with van der Waals surface area (Å²) < 4.78 is 13.4. The molecule has 0 aliphatic rings. The first-order valence-corrected chi connectivity index (χ1v) is 6.87. The molecular weight excluding hydrogens is 305 g/mol. The van der Waals surface area contributed by atoms with Crippen molar-refractivity contribution in [2.24, 2.45) is 5.10 Å². The standard InChI is InChI=1S/C16H11ClFN3O/c17-12-5-6-14-11(7-12)8-15(20-14)16(22)21-19-9-10-3-1-2-4-13(10)18/h1-9,20H,(H,21,22)/b19-9+. The van der Waals surface area contributed by atoms with E-state index in [4.69, 9.17) is 11.6 Å². The number of hydrogen-bond acceptors (Lipinski definition) is 2. The molecule has 3 aromatic rings. The Hall–Kier alpha value is -2.66. The Bertz CT molecular complexity index is 873. The lowest BCUT2D eigenvalue weighted by Crippen LogP contribution is -2.17. The molecule has 4 nitrogen and oxygen atoms in total. The zero-order valence-electron chi connectivity index (χ0n) is 11.3. The van der Waals surface area contributed by atoms with E-state index in [2.05, 4.69) is 15.5 Å². The van der Waals surface area contributed by atoms with Crippen molar-refractivity contribution in [3.8, 4) is 0 Å². The molecule has 0 aliphatic carbocycles. The van der Waals surface area contributed by atoms with Crippen LogP contribution in [-0.4, -0.2) is 17.1 Å². The number of hydrazone groups is 1. The van der Waals surface area contributed by atoms with Gasteiger partial charge in [-0.1, -0.05) is 29.8 Å². The zero-order valence-corrected chi connectivity index (χ0v) is 12.1. The van der Waals surface area contributed by atoms with Crippen molar-refractivity contribution in [2.75, 3.05) is 0 Å². The van der Waals surface area contributed by atoms with E-state index < -0.39 is 11.7 Å². The van der Waals surface area contributed by atoms with Crippen molar-refractivity contribution >= 4 is 34.6 Å². The molecule has 1 amide bonds. The van der Waals surface area contributed by atoms with E-state index in [1.807, 2.05) is 0 Å². The summed E-state index contributed by atoms with van der Waals surface area (Å²) in [6, 6.07) is 13.1. The van der Waals surface area contributed by atoms with Crippen molar-refractivity contribution in [2.45, 2.75) is 0 Å². The molecule has 3 rings (SSSR count). The van der Waals surface area contributed by atoms with E-state index in [1.54, 1.807) is 42.5 Å². The first kappa shape index (κ1) is 14.3. The van der Waals surface area contributed by atoms with Gasteiger partial charge in [0.25, 0.3) is 5.91 Å². The van der Waals surface area contributed by atoms with E-state index in [9.17, 15) is 9.18 Å². The summed E-state index contributed by atoms with van der Waals surface area (Å²) in [6.07, 6.45) is 1.26. The van der Waals surface area contributed by atoms with Crippen molar-refractivity contribution < 1.29 is 9.18 Å². The zero-order chi connectivity index (χ0) is 15.5. The summed E-state index contributed by atoms with van der Waals surface area (Å²) in [5.41, 5.74) is 3.80. The van der Waals surface area contributed by atoms with Gasteiger partial charge in [-0.2, -0.15) is 5.10 Å². The quantitative estimate of drug-likeness (QED) is 0.561. The number of carbonyl (C=O) groups is 1. The van der Waals surface area contributed by atoms with Crippen molar-refractivity contribution in [3.63, 3.8) is 0 Å². The van der Waals surface area contributed by atoms with Crippen LogP contribution < -0.4 is 5.43 Å². The number of hydrogen-bond donors (Lipinski definition) is 2. The molecule has 110 valence electrons. The minimum atomic E-state index is -0.417. The van der Waals surface area contributed by atoms with Crippen molar-refractivity contribution in [1.29, 1.82) is 0 Å². The Morgan fingerprint density at radius 2 is 2.05 bits per heavy atom. The van der Waals surface area contributed by atoms with Gasteiger partial charge in [0.2, 0.25) is 0 Å². The van der Waals surface area contributed by atoms with Crippen LogP contribution in [0.4, 0.5) is 4.39 Å². The number of halogens is 2. The molecule has 0 aliphatic heterocycles. The van der Waals surface area contributed by atoms with Gasteiger partial charge >= 0.3 is 0 Å². The molecule has 2 aromatic carbocycles. The Kier molecular flexibility index (Phi) is 3.89. The van der Waals surface area contributed by atoms with Gasteiger partial charge in [0.05, 0.1) is 6.21 Å². The fourth-order valence-electron chi connectivity index (χ4n) is 2.03. The fourth-order valence-corrected chi connectivity index (χ4v) is 2.21. The molecule has 0 radical (unpaired) electrons. The van der Waals surface area contributed by atoms with E-state index in [0.717, 1.165) is 10.9 Å². The SMILES string of the molecule is O=C(N/N=C/c1ccccc1F)c1cc2cc(Cl)ccc2[nH]1. The number of rotatable bonds is 3. The number of fused-ring (bicyclic) bond motifs is 1. The molecule has 0 fully saturated rings. The highest BCUT2D eigenvalue weighted by Crippen LogP contribution is 2.20. The Labute approximate surface area is 130 Å². The summed E-state index contributed by atoms with van der Waals surface area (Å²) in [5.74, 6) is -0.819. The van der Waals surface area contributed by atoms with E-state index >= 15 is 0 Å². The second-order valence-electron chi connectivity index (χ2n) is 4.64. The number of nitrogens with one attached hydrogen (secondary N) is 2.